The lowest BCUT2D eigenvalue weighted by Gasteiger charge is -2.28. The van der Waals surface area contributed by atoms with Gasteiger partial charge in [0.25, 0.3) is 0 Å². The molecule has 3 N–H and O–H groups in total. The molecule has 2 aliphatic rings. The predicted molar refractivity (Wildman–Crippen MR) is 60.3 cm³/mol. The van der Waals surface area contributed by atoms with Crippen LogP contribution in [0.5, 0.6) is 0 Å². The van der Waals surface area contributed by atoms with E-state index in [2.05, 4.69) is 5.32 Å². The van der Waals surface area contributed by atoms with Crippen molar-refractivity contribution in [1.29, 1.82) is 0 Å². The first kappa shape index (κ1) is 10.9. The summed E-state index contributed by atoms with van der Waals surface area (Å²) in [6.07, 6.45) is 8.06. The van der Waals surface area contributed by atoms with E-state index in [4.69, 9.17) is 5.73 Å². The van der Waals surface area contributed by atoms with Gasteiger partial charge in [-0.1, -0.05) is 6.42 Å². The van der Waals surface area contributed by atoms with Crippen LogP contribution in [-0.4, -0.2) is 18.5 Å². The summed E-state index contributed by atoms with van der Waals surface area (Å²) in [5.41, 5.74) is 5.84. The lowest BCUT2D eigenvalue weighted by atomic mass is 9.84. The summed E-state index contributed by atoms with van der Waals surface area (Å²) in [4.78, 5) is 11.6. The van der Waals surface area contributed by atoms with Crippen LogP contribution in [0, 0.1) is 11.8 Å². The van der Waals surface area contributed by atoms with Crippen LogP contribution in [0.25, 0.3) is 0 Å². The van der Waals surface area contributed by atoms with Gasteiger partial charge in [0.2, 0.25) is 5.91 Å². The van der Waals surface area contributed by atoms with E-state index in [1.165, 1.54) is 19.3 Å². The maximum Gasteiger partial charge on any atom is 0.223 e. The molecule has 3 heteroatoms. The smallest absolute Gasteiger partial charge is 0.223 e. The molecule has 2 aliphatic carbocycles. The zero-order valence-corrected chi connectivity index (χ0v) is 9.37. The topological polar surface area (TPSA) is 55.1 Å². The summed E-state index contributed by atoms with van der Waals surface area (Å²) in [7, 11) is 0. The summed E-state index contributed by atoms with van der Waals surface area (Å²) in [6.45, 7) is 0.877. The van der Waals surface area contributed by atoms with Gasteiger partial charge >= 0.3 is 0 Å². The van der Waals surface area contributed by atoms with Gasteiger partial charge in [0, 0.05) is 18.5 Å². The van der Waals surface area contributed by atoms with Crippen molar-refractivity contribution in [2.75, 3.05) is 6.54 Å². The Bertz CT molecular complexity index is 218. The number of rotatable bonds is 3. The first-order chi connectivity index (χ1) is 7.25. The number of hydrogen-bond acceptors (Lipinski definition) is 2. The number of carbonyl (C=O) groups excluding carboxylic acids is 1. The van der Waals surface area contributed by atoms with Crippen molar-refractivity contribution in [2.24, 2.45) is 17.6 Å². The minimum Gasteiger partial charge on any atom is -0.356 e. The molecule has 2 rings (SSSR count). The van der Waals surface area contributed by atoms with Crippen LogP contribution in [0.2, 0.25) is 0 Å². The van der Waals surface area contributed by atoms with Gasteiger partial charge in [-0.05, 0) is 44.4 Å². The molecule has 15 heavy (non-hydrogen) atoms. The highest BCUT2D eigenvalue weighted by Gasteiger charge is 2.26. The second-order valence-corrected chi connectivity index (χ2v) is 5.15. The normalized spacial score (nSPS) is 32.1. The van der Waals surface area contributed by atoms with Gasteiger partial charge in [-0.15, -0.1) is 0 Å². The molecule has 0 radical (unpaired) electrons. The fraction of sp³-hybridized carbons (Fsp3) is 0.917. The Kier molecular flexibility index (Phi) is 3.62. The molecule has 0 saturated heterocycles. The lowest BCUT2D eigenvalue weighted by molar-refractivity contribution is -0.127. The molecular weight excluding hydrogens is 188 g/mol. The highest BCUT2D eigenvalue weighted by molar-refractivity contribution is 5.79. The molecule has 0 aromatic rings. The molecule has 0 unspecified atom stereocenters. The quantitative estimate of drug-likeness (QED) is 0.740. The Balaban J connectivity index is 1.62. The van der Waals surface area contributed by atoms with Gasteiger partial charge in [-0.3, -0.25) is 4.79 Å². The Labute approximate surface area is 91.8 Å². The van der Waals surface area contributed by atoms with E-state index in [1.54, 1.807) is 0 Å². The van der Waals surface area contributed by atoms with E-state index in [0.717, 1.165) is 32.2 Å². The molecule has 0 aromatic carbocycles. The summed E-state index contributed by atoms with van der Waals surface area (Å²) in [5, 5.41) is 3.09. The summed E-state index contributed by atoms with van der Waals surface area (Å²) in [5.74, 6) is 1.29. The van der Waals surface area contributed by atoms with Crippen molar-refractivity contribution in [3.8, 4) is 0 Å². The number of nitrogens with two attached hydrogens (primary N) is 1. The first-order valence-corrected chi connectivity index (χ1v) is 6.29. The minimum atomic E-state index is 0.288. The fourth-order valence-corrected chi connectivity index (χ4v) is 2.45. The molecule has 1 amide bonds. The van der Waals surface area contributed by atoms with Gasteiger partial charge < -0.3 is 11.1 Å². The molecule has 0 heterocycles. The molecular formula is C12H22N2O. The van der Waals surface area contributed by atoms with Gasteiger partial charge in [-0.25, -0.2) is 0 Å². The van der Waals surface area contributed by atoms with Gasteiger partial charge in [0.05, 0.1) is 0 Å². The maximum atomic E-state index is 11.6. The summed E-state index contributed by atoms with van der Waals surface area (Å²) >= 11 is 0. The summed E-state index contributed by atoms with van der Waals surface area (Å²) < 4.78 is 0. The van der Waals surface area contributed by atoms with Crippen molar-refractivity contribution in [3.63, 3.8) is 0 Å². The SMILES string of the molecule is NC1CCC(CNC(=O)C2CCC2)CC1. The van der Waals surface area contributed by atoms with Gasteiger partial charge in [-0.2, -0.15) is 0 Å². The van der Waals surface area contributed by atoms with Crippen molar-refractivity contribution in [2.45, 2.75) is 51.0 Å². The van der Waals surface area contributed by atoms with Crippen LogP contribution in [0.4, 0.5) is 0 Å². The van der Waals surface area contributed by atoms with E-state index < -0.39 is 0 Å². The first-order valence-electron chi connectivity index (χ1n) is 6.29. The van der Waals surface area contributed by atoms with Gasteiger partial charge in [0.1, 0.15) is 0 Å². The monoisotopic (exact) mass is 210 g/mol. The van der Waals surface area contributed by atoms with Crippen LogP contribution in [0.3, 0.4) is 0 Å². The van der Waals surface area contributed by atoms with Crippen molar-refractivity contribution in [3.05, 3.63) is 0 Å². The number of hydrogen-bond donors (Lipinski definition) is 2. The fourth-order valence-electron chi connectivity index (χ4n) is 2.45. The molecule has 86 valence electrons. The van der Waals surface area contributed by atoms with Crippen LogP contribution in [0.1, 0.15) is 44.9 Å². The standard InChI is InChI=1S/C12H22N2O/c13-11-6-4-9(5-7-11)8-14-12(15)10-2-1-3-10/h9-11H,1-8,13H2,(H,14,15). The van der Waals surface area contributed by atoms with E-state index >= 15 is 0 Å². The largest absolute Gasteiger partial charge is 0.356 e. The predicted octanol–water partition coefficient (Wildman–Crippen LogP) is 1.42. The van der Waals surface area contributed by atoms with Crippen LogP contribution in [-0.2, 0) is 4.79 Å². The zero-order valence-electron chi connectivity index (χ0n) is 9.37. The minimum absolute atomic E-state index is 0.288. The molecule has 3 nitrogen and oxygen atoms in total. The third kappa shape index (κ3) is 2.94. The van der Waals surface area contributed by atoms with Crippen molar-refractivity contribution < 1.29 is 4.79 Å². The third-order valence-corrected chi connectivity index (χ3v) is 3.93. The lowest BCUT2D eigenvalue weighted by Crippen LogP contribution is -2.39. The van der Waals surface area contributed by atoms with E-state index in [1.807, 2.05) is 0 Å². The molecule has 2 saturated carbocycles. The van der Waals surface area contributed by atoms with Crippen LogP contribution < -0.4 is 11.1 Å². The molecule has 0 spiro atoms. The molecule has 0 aromatic heterocycles. The van der Waals surface area contributed by atoms with Crippen LogP contribution in [0.15, 0.2) is 0 Å². The molecule has 2 fully saturated rings. The number of carbonyl (C=O) groups is 1. The highest BCUT2D eigenvalue weighted by atomic mass is 16.1. The van der Waals surface area contributed by atoms with Crippen molar-refractivity contribution in [1.82, 2.24) is 5.32 Å². The summed E-state index contributed by atoms with van der Waals surface area (Å²) in [6, 6.07) is 0.406. The average molecular weight is 210 g/mol. The third-order valence-electron chi connectivity index (χ3n) is 3.93. The second-order valence-electron chi connectivity index (χ2n) is 5.15. The van der Waals surface area contributed by atoms with Gasteiger partial charge in [0.15, 0.2) is 0 Å². The van der Waals surface area contributed by atoms with Crippen LogP contribution >= 0.6 is 0 Å². The van der Waals surface area contributed by atoms with E-state index in [0.29, 0.717) is 17.9 Å². The molecule has 0 aliphatic heterocycles. The Morgan fingerprint density at radius 3 is 2.33 bits per heavy atom. The average Bonchev–Trinajstić information content (AvgIpc) is 2.14. The highest BCUT2D eigenvalue weighted by Crippen LogP contribution is 2.27. The molecule has 0 bridgehead atoms. The Hall–Kier alpha value is -0.570. The van der Waals surface area contributed by atoms with Crippen molar-refractivity contribution >= 4 is 5.91 Å². The maximum absolute atomic E-state index is 11.6. The molecule has 0 atom stereocenters. The Morgan fingerprint density at radius 1 is 1.13 bits per heavy atom. The second kappa shape index (κ2) is 4.97. The van der Waals surface area contributed by atoms with E-state index in [-0.39, 0.29) is 5.91 Å². The van der Waals surface area contributed by atoms with E-state index in [9.17, 15) is 4.79 Å². The number of amides is 1. The zero-order chi connectivity index (χ0) is 10.7. The Morgan fingerprint density at radius 2 is 1.80 bits per heavy atom. The number of nitrogens with one attached hydrogen (secondary N) is 1.